The van der Waals surface area contributed by atoms with Gasteiger partial charge >= 0.3 is 5.97 Å². The maximum atomic E-state index is 10.8. The van der Waals surface area contributed by atoms with Crippen molar-refractivity contribution >= 4 is 18.4 Å². The number of aliphatic carboxylic acids is 1. The molecule has 0 aliphatic heterocycles. The zero-order chi connectivity index (χ0) is 9.90. The minimum Gasteiger partial charge on any atom is -0.480 e. The fraction of sp³-hybridized carbons (Fsp3) is 0.900. The highest BCUT2D eigenvalue weighted by Gasteiger charge is 2.29. The molecule has 0 heterocycles. The smallest absolute Gasteiger partial charge is 0.323 e. The van der Waals surface area contributed by atoms with Crippen LogP contribution in [-0.2, 0) is 4.79 Å². The maximum absolute atomic E-state index is 10.8. The van der Waals surface area contributed by atoms with Crippen molar-refractivity contribution < 1.29 is 9.90 Å². The third kappa shape index (κ3) is 3.84. The highest BCUT2D eigenvalue weighted by atomic mass is 35.5. The Kier molecular flexibility index (Phi) is 5.45. The first-order valence-electron chi connectivity index (χ1n) is 5.03. The lowest BCUT2D eigenvalue weighted by atomic mass is 9.93. The van der Waals surface area contributed by atoms with Gasteiger partial charge in [0.05, 0.1) is 0 Å². The molecule has 1 aliphatic rings. The standard InChI is InChI=1S/C10H19NO2.ClH/c1-10(2,9(12)13)11-8-6-4-3-5-7-8;/h8,11H,3-7H2,1-2H3,(H,12,13);1H. The fourth-order valence-corrected chi connectivity index (χ4v) is 1.82. The molecule has 4 heteroatoms. The highest BCUT2D eigenvalue weighted by Crippen LogP contribution is 2.19. The van der Waals surface area contributed by atoms with Crippen molar-refractivity contribution in [3.05, 3.63) is 0 Å². The zero-order valence-corrected chi connectivity index (χ0v) is 9.69. The van der Waals surface area contributed by atoms with Crippen molar-refractivity contribution in [2.45, 2.75) is 57.5 Å². The molecule has 0 aromatic rings. The first kappa shape index (κ1) is 13.7. The molecule has 84 valence electrons. The molecule has 0 aromatic heterocycles. The quantitative estimate of drug-likeness (QED) is 0.768. The second-order valence-electron chi connectivity index (χ2n) is 4.41. The van der Waals surface area contributed by atoms with Crippen LogP contribution < -0.4 is 5.32 Å². The molecule has 0 spiro atoms. The normalized spacial score (nSPS) is 18.7. The van der Waals surface area contributed by atoms with Gasteiger partial charge in [0.2, 0.25) is 0 Å². The first-order chi connectivity index (χ1) is 6.02. The zero-order valence-electron chi connectivity index (χ0n) is 8.88. The highest BCUT2D eigenvalue weighted by molar-refractivity contribution is 5.85. The van der Waals surface area contributed by atoms with Crippen LogP contribution in [0.3, 0.4) is 0 Å². The first-order valence-corrected chi connectivity index (χ1v) is 5.03. The van der Waals surface area contributed by atoms with E-state index in [1.807, 2.05) is 0 Å². The summed E-state index contributed by atoms with van der Waals surface area (Å²) < 4.78 is 0. The van der Waals surface area contributed by atoms with Gasteiger partial charge in [0.1, 0.15) is 5.54 Å². The van der Waals surface area contributed by atoms with Crippen LogP contribution >= 0.6 is 12.4 Å². The number of rotatable bonds is 3. The molecule has 0 unspecified atom stereocenters. The van der Waals surface area contributed by atoms with Crippen LogP contribution in [0.4, 0.5) is 0 Å². The molecule has 2 N–H and O–H groups in total. The average molecular weight is 222 g/mol. The Morgan fingerprint density at radius 3 is 2.21 bits per heavy atom. The van der Waals surface area contributed by atoms with Crippen molar-refractivity contribution in [1.29, 1.82) is 0 Å². The summed E-state index contributed by atoms with van der Waals surface area (Å²) in [5, 5.41) is 12.1. The number of hydrogen-bond donors (Lipinski definition) is 2. The average Bonchev–Trinajstić information content (AvgIpc) is 2.05. The molecule has 0 amide bonds. The molecule has 1 aliphatic carbocycles. The van der Waals surface area contributed by atoms with Crippen LogP contribution in [0.5, 0.6) is 0 Å². The molecular formula is C10H20ClNO2. The molecule has 0 saturated heterocycles. The van der Waals surface area contributed by atoms with Crippen LogP contribution in [0.25, 0.3) is 0 Å². The Balaban J connectivity index is 0.00000169. The van der Waals surface area contributed by atoms with Crippen molar-refractivity contribution in [3.8, 4) is 0 Å². The Morgan fingerprint density at radius 1 is 1.29 bits per heavy atom. The van der Waals surface area contributed by atoms with E-state index in [0.717, 1.165) is 12.8 Å². The molecule has 1 fully saturated rings. The van der Waals surface area contributed by atoms with E-state index < -0.39 is 11.5 Å². The fourth-order valence-electron chi connectivity index (χ4n) is 1.82. The summed E-state index contributed by atoms with van der Waals surface area (Å²) in [6.07, 6.45) is 6.00. The second-order valence-corrected chi connectivity index (χ2v) is 4.41. The Labute approximate surface area is 91.7 Å². The monoisotopic (exact) mass is 221 g/mol. The maximum Gasteiger partial charge on any atom is 0.323 e. The van der Waals surface area contributed by atoms with Gasteiger partial charge in [0.25, 0.3) is 0 Å². The van der Waals surface area contributed by atoms with Gasteiger partial charge in [-0.3, -0.25) is 10.1 Å². The third-order valence-electron chi connectivity index (χ3n) is 2.70. The molecule has 1 saturated carbocycles. The predicted molar refractivity (Wildman–Crippen MR) is 59.0 cm³/mol. The number of hydrogen-bond acceptors (Lipinski definition) is 2. The molecule has 0 radical (unpaired) electrons. The van der Waals surface area contributed by atoms with Gasteiger partial charge in [0, 0.05) is 6.04 Å². The molecule has 14 heavy (non-hydrogen) atoms. The van der Waals surface area contributed by atoms with E-state index in [2.05, 4.69) is 5.32 Å². The Bertz CT molecular complexity index is 189. The Morgan fingerprint density at radius 2 is 1.79 bits per heavy atom. The number of carbonyl (C=O) groups is 1. The number of carboxylic acid groups (broad SMARTS) is 1. The summed E-state index contributed by atoms with van der Waals surface area (Å²) in [6, 6.07) is 0.403. The van der Waals surface area contributed by atoms with E-state index in [9.17, 15) is 4.79 Å². The topological polar surface area (TPSA) is 49.3 Å². The molecular weight excluding hydrogens is 202 g/mol. The van der Waals surface area contributed by atoms with Gasteiger partial charge in [-0.25, -0.2) is 0 Å². The van der Waals surface area contributed by atoms with Gasteiger partial charge in [-0.2, -0.15) is 0 Å². The van der Waals surface area contributed by atoms with Crippen molar-refractivity contribution in [2.75, 3.05) is 0 Å². The SMILES string of the molecule is CC(C)(NC1CCCCC1)C(=O)O.Cl. The second kappa shape index (κ2) is 5.56. The van der Waals surface area contributed by atoms with Crippen LogP contribution in [0.15, 0.2) is 0 Å². The van der Waals surface area contributed by atoms with Crippen LogP contribution in [0.2, 0.25) is 0 Å². The van der Waals surface area contributed by atoms with E-state index in [-0.39, 0.29) is 12.4 Å². The number of carboxylic acids is 1. The van der Waals surface area contributed by atoms with E-state index >= 15 is 0 Å². The Hall–Kier alpha value is -0.280. The van der Waals surface area contributed by atoms with Crippen molar-refractivity contribution in [1.82, 2.24) is 5.32 Å². The van der Waals surface area contributed by atoms with E-state index in [0.29, 0.717) is 6.04 Å². The summed E-state index contributed by atoms with van der Waals surface area (Å²) >= 11 is 0. The van der Waals surface area contributed by atoms with E-state index in [1.165, 1.54) is 19.3 Å². The van der Waals surface area contributed by atoms with E-state index in [4.69, 9.17) is 5.11 Å². The van der Waals surface area contributed by atoms with Crippen LogP contribution in [-0.4, -0.2) is 22.7 Å². The minimum absolute atomic E-state index is 0. The lowest BCUT2D eigenvalue weighted by Crippen LogP contribution is -2.52. The molecule has 0 aromatic carbocycles. The summed E-state index contributed by atoms with van der Waals surface area (Å²) in [5.41, 5.74) is -0.776. The molecule has 0 atom stereocenters. The van der Waals surface area contributed by atoms with Crippen LogP contribution in [0, 0.1) is 0 Å². The summed E-state index contributed by atoms with van der Waals surface area (Å²) in [5.74, 6) is -0.766. The predicted octanol–water partition coefficient (Wildman–Crippen LogP) is 2.19. The lowest BCUT2D eigenvalue weighted by molar-refractivity contribution is -0.143. The lowest BCUT2D eigenvalue weighted by Gasteiger charge is -2.30. The summed E-state index contributed by atoms with van der Waals surface area (Å²) in [4.78, 5) is 10.8. The molecule has 3 nitrogen and oxygen atoms in total. The van der Waals surface area contributed by atoms with Gasteiger partial charge in [-0.15, -0.1) is 12.4 Å². The van der Waals surface area contributed by atoms with Gasteiger partial charge < -0.3 is 5.11 Å². The van der Waals surface area contributed by atoms with Gasteiger partial charge in [0.15, 0.2) is 0 Å². The third-order valence-corrected chi connectivity index (χ3v) is 2.70. The largest absolute Gasteiger partial charge is 0.480 e. The molecule has 1 rings (SSSR count). The van der Waals surface area contributed by atoms with Crippen LogP contribution in [0.1, 0.15) is 46.0 Å². The summed E-state index contributed by atoms with van der Waals surface area (Å²) in [6.45, 7) is 3.45. The van der Waals surface area contributed by atoms with Crippen molar-refractivity contribution in [3.63, 3.8) is 0 Å². The number of halogens is 1. The summed E-state index contributed by atoms with van der Waals surface area (Å²) in [7, 11) is 0. The van der Waals surface area contributed by atoms with E-state index in [1.54, 1.807) is 13.8 Å². The number of nitrogens with one attached hydrogen (secondary N) is 1. The van der Waals surface area contributed by atoms with Gasteiger partial charge in [-0.1, -0.05) is 19.3 Å². The minimum atomic E-state index is -0.776. The van der Waals surface area contributed by atoms with Crippen molar-refractivity contribution in [2.24, 2.45) is 0 Å². The molecule has 0 bridgehead atoms. The van der Waals surface area contributed by atoms with Gasteiger partial charge in [-0.05, 0) is 26.7 Å².